The molecule has 210 valence electrons. The summed E-state index contributed by atoms with van der Waals surface area (Å²) in [4.78, 5) is 24.2. The number of likely N-dealkylation sites (N-methyl/N-ethyl adjacent to an activating group) is 1. The maximum absolute atomic E-state index is 14.2. The normalized spacial score (nSPS) is 14.3. The lowest BCUT2D eigenvalue weighted by atomic mass is 10.1. The maximum Gasteiger partial charge on any atom is 0.253 e. The number of nitrogens with one attached hydrogen (secondary N) is 3. The second-order valence-electron chi connectivity index (χ2n) is 9.82. The van der Waals surface area contributed by atoms with Crippen molar-refractivity contribution in [2.45, 2.75) is 6.42 Å². The number of nitrogens with two attached hydrogens (primary N) is 1. The van der Waals surface area contributed by atoms with E-state index in [0.29, 0.717) is 23.9 Å². The molecule has 4 aromatic rings. The van der Waals surface area contributed by atoms with Crippen LogP contribution in [0, 0.1) is 5.82 Å². The van der Waals surface area contributed by atoms with Gasteiger partial charge in [-0.1, -0.05) is 6.07 Å². The van der Waals surface area contributed by atoms with Gasteiger partial charge in [0.05, 0.1) is 54.3 Å². The molecule has 11 heteroatoms. The zero-order valence-corrected chi connectivity index (χ0v) is 22.7. The number of fused-ring (bicyclic) bond motifs is 1. The Morgan fingerprint density at radius 3 is 2.67 bits per heavy atom. The highest BCUT2D eigenvalue weighted by Gasteiger charge is 2.16. The molecule has 10 nitrogen and oxygen atoms in total. The lowest BCUT2D eigenvalue weighted by molar-refractivity contribution is 0.0997. The van der Waals surface area contributed by atoms with Crippen molar-refractivity contribution in [1.82, 2.24) is 19.8 Å². The Morgan fingerprint density at radius 1 is 1.07 bits per heavy atom. The summed E-state index contributed by atoms with van der Waals surface area (Å²) in [6.45, 7) is 6.09. The Hall–Kier alpha value is -4.35. The van der Waals surface area contributed by atoms with Crippen molar-refractivity contribution in [3.8, 4) is 11.5 Å². The molecule has 2 aromatic heterocycles. The van der Waals surface area contributed by atoms with E-state index in [2.05, 4.69) is 37.4 Å². The predicted molar refractivity (Wildman–Crippen MR) is 155 cm³/mol. The SMILES string of the molecule is COc1cc(OCCCN2CCN(C)CC2)ccc1Nc1cc2c(Nc3cccc(F)c3C(N)=O)cncc2[nH]1. The first-order chi connectivity index (χ1) is 19.4. The fourth-order valence-electron chi connectivity index (χ4n) is 4.80. The topological polar surface area (TPSA) is 121 Å². The Bertz CT molecular complexity index is 1480. The number of nitrogens with zero attached hydrogens (tertiary/aromatic N) is 3. The number of primary amides is 1. The van der Waals surface area contributed by atoms with Crippen LogP contribution in [0.15, 0.2) is 54.9 Å². The van der Waals surface area contributed by atoms with Gasteiger partial charge in [-0.3, -0.25) is 9.78 Å². The number of carbonyl (C=O) groups is 1. The number of hydrogen-bond acceptors (Lipinski definition) is 8. The molecule has 2 aromatic carbocycles. The van der Waals surface area contributed by atoms with Gasteiger partial charge in [-0.25, -0.2) is 4.39 Å². The van der Waals surface area contributed by atoms with Gasteiger partial charge in [0.15, 0.2) is 0 Å². The van der Waals surface area contributed by atoms with E-state index in [4.69, 9.17) is 15.2 Å². The van der Waals surface area contributed by atoms with Crippen LogP contribution in [0.1, 0.15) is 16.8 Å². The molecule has 0 spiro atoms. The van der Waals surface area contributed by atoms with Crippen LogP contribution in [0.3, 0.4) is 0 Å². The molecule has 1 saturated heterocycles. The fraction of sp³-hybridized carbons (Fsp3) is 0.310. The first kappa shape index (κ1) is 27.2. The van der Waals surface area contributed by atoms with Gasteiger partial charge >= 0.3 is 0 Å². The Morgan fingerprint density at radius 2 is 1.90 bits per heavy atom. The third kappa shape index (κ3) is 6.27. The number of pyridine rings is 1. The van der Waals surface area contributed by atoms with Crippen molar-refractivity contribution in [2.75, 3.05) is 64.1 Å². The second-order valence-corrected chi connectivity index (χ2v) is 9.82. The van der Waals surface area contributed by atoms with E-state index in [0.717, 1.165) is 61.5 Å². The highest BCUT2D eigenvalue weighted by Crippen LogP contribution is 2.34. The van der Waals surface area contributed by atoms with Gasteiger partial charge < -0.3 is 40.6 Å². The highest BCUT2D eigenvalue weighted by molar-refractivity contribution is 6.02. The van der Waals surface area contributed by atoms with E-state index in [1.165, 1.54) is 12.1 Å². The average molecular weight is 548 g/mol. The molecule has 3 heterocycles. The van der Waals surface area contributed by atoms with Gasteiger partial charge in [0.25, 0.3) is 5.91 Å². The number of H-pyrrole nitrogens is 1. The van der Waals surface area contributed by atoms with E-state index in [-0.39, 0.29) is 11.3 Å². The van der Waals surface area contributed by atoms with Crippen LogP contribution in [-0.4, -0.2) is 79.2 Å². The van der Waals surface area contributed by atoms with Gasteiger partial charge in [0.2, 0.25) is 0 Å². The molecule has 1 fully saturated rings. The number of methoxy groups -OCH3 is 1. The van der Waals surface area contributed by atoms with Crippen molar-refractivity contribution < 1.29 is 18.7 Å². The van der Waals surface area contributed by atoms with Gasteiger partial charge in [-0.05, 0) is 43.8 Å². The van der Waals surface area contributed by atoms with E-state index in [1.54, 1.807) is 25.6 Å². The Labute approximate surface area is 232 Å². The maximum atomic E-state index is 14.2. The summed E-state index contributed by atoms with van der Waals surface area (Å²) in [6.07, 6.45) is 4.25. The molecule has 0 saturated carbocycles. The van der Waals surface area contributed by atoms with Crippen molar-refractivity contribution >= 4 is 39.7 Å². The van der Waals surface area contributed by atoms with Crippen LogP contribution in [0.4, 0.5) is 27.3 Å². The average Bonchev–Trinajstić information content (AvgIpc) is 3.36. The quantitative estimate of drug-likeness (QED) is 0.205. The molecule has 0 bridgehead atoms. The molecule has 0 radical (unpaired) electrons. The lowest BCUT2D eigenvalue weighted by Gasteiger charge is -2.32. The van der Waals surface area contributed by atoms with E-state index >= 15 is 0 Å². The molecule has 1 amide bonds. The van der Waals surface area contributed by atoms with E-state index < -0.39 is 11.7 Å². The van der Waals surface area contributed by atoms with E-state index in [9.17, 15) is 9.18 Å². The van der Waals surface area contributed by atoms with Crippen LogP contribution in [0.2, 0.25) is 0 Å². The lowest BCUT2D eigenvalue weighted by Crippen LogP contribution is -2.44. The molecule has 1 aliphatic rings. The van der Waals surface area contributed by atoms with Crippen molar-refractivity contribution in [3.05, 3.63) is 66.2 Å². The molecule has 0 unspecified atom stereocenters. The van der Waals surface area contributed by atoms with Crippen LogP contribution < -0.4 is 25.8 Å². The number of anilines is 4. The predicted octanol–water partition coefficient (Wildman–Crippen LogP) is 4.31. The Kier molecular flexibility index (Phi) is 8.32. The summed E-state index contributed by atoms with van der Waals surface area (Å²) >= 11 is 0. The number of hydrogen-bond donors (Lipinski definition) is 4. The minimum Gasteiger partial charge on any atom is -0.494 e. The van der Waals surface area contributed by atoms with Crippen LogP contribution in [0.5, 0.6) is 11.5 Å². The summed E-state index contributed by atoms with van der Waals surface area (Å²) in [5.41, 5.74) is 7.53. The fourth-order valence-corrected chi connectivity index (χ4v) is 4.80. The zero-order valence-electron chi connectivity index (χ0n) is 22.7. The smallest absolute Gasteiger partial charge is 0.253 e. The Balaban J connectivity index is 1.26. The number of amides is 1. The minimum atomic E-state index is -0.855. The number of carbonyl (C=O) groups excluding carboxylic acids is 1. The molecule has 5 N–H and O–H groups in total. The van der Waals surface area contributed by atoms with Crippen LogP contribution in [0.25, 0.3) is 10.9 Å². The van der Waals surface area contributed by atoms with Crippen molar-refractivity contribution in [3.63, 3.8) is 0 Å². The summed E-state index contributed by atoms with van der Waals surface area (Å²) < 4.78 is 25.9. The first-order valence-electron chi connectivity index (χ1n) is 13.2. The van der Waals surface area contributed by atoms with Crippen molar-refractivity contribution in [2.24, 2.45) is 5.73 Å². The van der Waals surface area contributed by atoms with Gasteiger partial charge in [-0.2, -0.15) is 0 Å². The standard InChI is InChI=1S/C29H34FN7O3/c1-36-10-12-37(13-11-36)9-4-14-40-19-7-8-22(26(15-19)39-2)34-27-16-20-24(17-32-18-25(20)35-27)33-23-6-3-5-21(30)28(23)29(31)38/h3,5-8,15-18,33-35H,4,9-14H2,1-2H3,(H2,31,38). The zero-order chi connectivity index (χ0) is 28.1. The number of rotatable bonds is 11. The third-order valence-corrected chi connectivity index (χ3v) is 7.00. The first-order valence-corrected chi connectivity index (χ1v) is 13.2. The summed E-state index contributed by atoms with van der Waals surface area (Å²) in [7, 11) is 3.78. The molecular formula is C29H34FN7O3. The van der Waals surface area contributed by atoms with E-state index in [1.807, 2.05) is 24.3 Å². The van der Waals surface area contributed by atoms with Crippen LogP contribution >= 0.6 is 0 Å². The van der Waals surface area contributed by atoms with Crippen molar-refractivity contribution in [1.29, 1.82) is 0 Å². The summed E-state index contributed by atoms with van der Waals surface area (Å²) in [6, 6.07) is 11.9. The van der Waals surface area contributed by atoms with Gasteiger partial charge in [0, 0.05) is 44.2 Å². The number of benzene rings is 2. The number of aromatic amines is 1. The molecule has 0 aliphatic carbocycles. The largest absolute Gasteiger partial charge is 0.494 e. The number of ether oxygens (including phenoxy) is 2. The number of halogens is 1. The number of aromatic nitrogens is 2. The molecule has 0 atom stereocenters. The second kappa shape index (κ2) is 12.2. The minimum absolute atomic E-state index is 0.209. The highest BCUT2D eigenvalue weighted by atomic mass is 19.1. The third-order valence-electron chi connectivity index (χ3n) is 7.00. The monoisotopic (exact) mass is 547 g/mol. The molecule has 1 aliphatic heterocycles. The number of piperazine rings is 1. The summed E-state index contributed by atoms with van der Waals surface area (Å²) in [5.74, 6) is 0.529. The molecular weight excluding hydrogens is 513 g/mol. The van der Waals surface area contributed by atoms with Gasteiger partial charge in [0.1, 0.15) is 23.1 Å². The summed E-state index contributed by atoms with van der Waals surface area (Å²) in [5, 5.41) is 7.23. The van der Waals surface area contributed by atoms with Gasteiger partial charge in [-0.15, -0.1) is 0 Å². The molecule has 5 rings (SSSR count). The molecule has 40 heavy (non-hydrogen) atoms. The van der Waals surface area contributed by atoms with Crippen LogP contribution in [-0.2, 0) is 0 Å².